The summed E-state index contributed by atoms with van der Waals surface area (Å²) in [5.74, 6) is -2.12. The maximum absolute atomic E-state index is 13.4. The molecule has 0 bridgehead atoms. The van der Waals surface area contributed by atoms with E-state index < -0.39 is 24.1 Å². The molecule has 0 unspecified atom stereocenters. The number of halogens is 5. The van der Waals surface area contributed by atoms with E-state index in [1.807, 2.05) is 0 Å². The quantitative estimate of drug-likeness (QED) is 0.778. The van der Waals surface area contributed by atoms with Gasteiger partial charge in [-0.05, 0) is 18.2 Å². The van der Waals surface area contributed by atoms with E-state index in [1.165, 1.54) is 12.1 Å². The van der Waals surface area contributed by atoms with Gasteiger partial charge in [-0.3, -0.25) is 4.79 Å². The van der Waals surface area contributed by atoms with Gasteiger partial charge >= 0.3 is 0 Å². The van der Waals surface area contributed by atoms with E-state index in [4.69, 9.17) is 39.5 Å². The lowest BCUT2D eigenvalue weighted by Gasteiger charge is -2.10. The maximum Gasteiger partial charge on any atom is 0.262 e. The second-order valence-corrected chi connectivity index (χ2v) is 5.38. The molecule has 0 saturated carbocycles. The average Bonchev–Trinajstić information content (AvgIpc) is 2.44. The van der Waals surface area contributed by atoms with E-state index in [-0.39, 0.29) is 26.5 Å². The third-order valence-corrected chi connectivity index (χ3v) is 3.56. The minimum absolute atomic E-state index is 0.157. The average molecular weight is 367 g/mol. The van der Waals surface area contributed by atoms with Gasteiger partial charge in [0, 0.05) is 12.1 Å². The van der Waals surface area contributed by atoms with Gasteiger partial charge in [-0.1, -0.05) is 34.8 Å². The molecule has 1 N–H and O–H groups in total. The van der Waals surface area contributed by atoms with Crippen LogP contribution in [-0.2, 0) is 4.79 Å². The highest BCUT2D eigenvalue weighted by atomic mass is 35.5. The normalized spacial score (nSPS) is 10.4. The smallest absolute Gasteiger partial charge is 0.262 e. The Morgan fingerprint density at radius 1 is 1.05 bits per heavy atom. The molecule has 0 spiro atoms. The van der Waals surface area contributed by atoms with Crippen LogP contribution in [0, 0.1) is 11.6 Å². The third kappa shape index (κ3) is 4.22. The Labute approximate surface area is 139 Å². The van der Waals surface area contributed by atoms with Crippen LogP contribution in [0.2, 0.25) is 15.1 Å². The molecule has 3 nitrogen and oxygen atoms in total. The Balaban J connectivity index is 2.00. The largest absolute Gasteiger partial charge is 0.482 e. The van der Waals surface area contributed by atoms with Crippen molar-refractivity contribution in [2.45, 2.75) is 0 Å². The summed E-state index contributed by atoms with van der Waals surface area (Å²) in [5.41, 5.74) is -0.157. The molecular formula is C14H8Cl3F2NO2. The lowest BCUT2D eigenvalue weighted by Crippen LogP contribution is -2.21. The molecule has 0 aliphatic heterocycles. The molecule has 22 heavy (non-hydrogen) atoms. The van der Waals surface area contributed by atoms with Gasteiger partial charge in [0.2, 0.25) is 0 Å². The highest BCUT2D eigenvalue weighted by molar-refractivity contribution is 6.43. The fourth-order valence-corrected chi connectivity index (χ4v) is 2.13. The van der Waals surface area contributed by atoms with Crippen LogP contribution in [-0.4, -0.2) is 12.5 Å². The van der Waals surface area contributed by atoms with Crippen molar-refractivity contribution < 1.29 is 18.3 Å². The van der Waals surface area contributed by atoms with Gasteiger partial charge in [0.1, 0.15) is 17.4 Å². The lowest BCUT2D eigenvalue weighted by atomic mass is 10.3. The minimum atomic E-state index is -0.888. The summed E-state index contributed by atoms with van der Waals surface area (Å²) in [6.45, 7) is -0.436. The first-order chi connectivity index (χ1) is 10.4. The Morgan fingerprint density at radius 3 is 2.41 bits per heavy atom. The Morgan fingerprint density at radius 2 is 1.73 bits per heavy atom. The van der Waals surface area contributed by atoms with E-state index in [0.717, 1.165) is 12.1 Å². The molecule has 116 valence electrons. The first-order valence-corrected chi connectivity index (χ1v) is 7.02. The molecule has 0 aliphatic carbocycles. The number of amides is 1. The Hall–Kier alpha value is -1.56. The summed E-state index contributed by atoms with van der Waals surface area (Å²) < 4.78 is 31.3. The monoisotopic (exact) mass is 365 g/mol. The zero-order valence-electron chi connectivity index (χ0n) is 10.8. The molecule has 0 radical (unpaired) electrons. The number of nitrogens with one attached hydrogen (secondary N) is 1. The summed E-state index contributed by atoms with van der Waals surface area (Å²) in [7, 11) is 0. The summed E-state index contributed by atoms with van der Waals surface area (Å²) in [4.78, 5) is 11.7. The third-order valence-electron chi connectivity index (χ3n) is 2.54. The predicted octanol–water partition coefficient (Wildman–Crippen LogP) is 4.94. The highest BCUT2D eigenvalue weighted by Gasteiger charge is 2.11. The van der Waals surface area contributed by atoms with Crippen LogP contribution in [0.1, 0.15) is 0 Å². The molecule has 0 fully saturated rings. The summed E-state index contributed by atoms with van der Waals surface area (Å²) in [6, 6.07) is 5.52. The van der Waals surface area contributed by atoms with Crippen LogP contribution in [0.25, 0.3) is 0 Å². The standard InChI is InChI=1S/C14H8Cl3F2NO2/c15-8-4-10(17)13(5-9(8)16)22-6-14(21)20-12-2-1-7(18)3-11(12)19/h1-5H,6H2,(H,20,21). The fraction of sp³-hybridized carbons (Fsp3) is 0.0714. The van der Waals surface area contributed by atoms with Crippen molar-refractivity contribution in [1.82, 2.24) is 0 Å². The number of carbonyl (C=O) groups is 1. The molecule has 0 aromatic heterocycles. The number of benzene rings is 2. The van der Waals surface area contributed by atoms with Crippen LogP contribution in [0.3, 0.4) is 0 Å². The van der Waals surface area contributed by atoms with Crippen LogP contribution >= 0.6 is 34.8 Å². The Bertz CT molecular complexity index is 725. The van der Waals surface area contributed by atoms with Crippen LogP contribution in [0.15, 0.2) is 30.3 Å². The van der Waals surface area contributed by atoms with Gasteiger partial charge in [-0.15, -0.1) is 0 Å². The van der Waals surface area contributed by atoms with Gasteiger partial charge in [-0.2, -0.15) is 0 Å². The van der Waals surface area contributed by atoms with E-state index in [0.29, 0.717) is 6.07 Å². The number of hydrogen-bond donors (Lipinski definition) is 1. The van der Waals surface area contributed by atoms with E-state index >= 15 is 0 Å². The van der Waals surface area contributed by atoms with Crippen molar-refractivity contribution in [1.29, 1.82) is 0 Å². The predicted molar refractivity (Wildman–Crippen MR) is 82.0 cm³/mol. The summed E-state index contributed by atoms with van der Waals surface area (Å²) >= 11 is 17.5. The summed E-state index contributed by atoms with van der Waals surface area (Å²) in [6.07, 6.45) is 0. The van der Waals surface area contributed by atoms with Gasteiger partial charge < -0.3 is 10.1 Å². The first-order valence-electron chi connectivity index (χ1n) is 5.89. The number of carbonyl (C=O) groups excluding carboxylic acids is 1. The van der Waals surface area contributed by atoms with Crippen molar-refractivity contribution in [2.24, 2.45) is 0 Å². The Kier molecular flexibility index (Phi) is 5.45. The molecule has 0 saturated heterocycles. The molecule has 2 aromatic rings. The van der Waals surface area contributed by atoms with Gasteiger partial charge in [-0.25, -0.2) is 8.78 Å². The molecular weight excluding hydrogens is 359 g/mol. The van der Waals surface area contributed by atoms with Gasteiger partial charge in [0.05, 0.1) is 20.8 Å². The van der Waals surface area contributed by atoms with Crippen molar-refractivity contribution in [3.05, 3.63) is 57.0 Å². The van der Waals surface area contributed by atoms with Crippen LogP contribution in [0.4, 0.5) is 14.5 Å². The number of rotatable bonds is 4. The van der Waals surface area contributed by atoms with Crippen LogP contribution in [0.5, 0.6) is 5.75 Å². The summed E-state index contributed by atoms with van der Waals surface area (Å²) in [5, 5.41) is 2.88. The SMILES string of the molecule is O=C(COc1cc(Cl)c(Cl)cc1Cl)Nc1ccc(F)cc1F. The molecule has 0 atom stereocenters. The maximum atomic E-state index is 13.4. The molecule has 1 amide bonds. The second-order valence-electron chi connectivity index (χ2n) is 4.16. The van der Waals surface area contributed by atoms with E-state index in [9.17, 15) is 13.6 Å². The lowest BCUT2D eigenvalue weighted by molar-refractivity contribution is -0.118. The molecule has 2 rings (SSSR count). The molecule has 0 aliphatic rings. The first kappa shape index (κ1) is 16.8. The zero-order valence-corrected chi connectivity index (χ0v) is 13.1. The van der Waals surface area contributed by atoms with E-state index in [1.54, 1.807) is 0 Å². The molecule has 2 aromatic carbocycles. The number of hydrogen-bond acceptors (Lipinski definition) is 2. The van der Waals surface area contributed by atoms with Gasteiger partial charge in [0.25, 0.3) is 5.91 Å². The van der Waals surface area contributed by atoms with Crippen molar-refractivity contribution in [2.75, 3.05) is 11.9 Å². The second kappa shape index (κ2) is 7.13. The number of anilines is 1. The fourth-order valence-electron chi connectivity index (χ4n) is 1.54. The van der Waals surface area contributed by atoms with Gasteiger partial charge in [0.15, 0.2) is 6.61 Å². The molecule has 8 heteroatoms. The van der Waals surface area contributed by atoms with Crippen LogP contribution < -0.4 is 10.1 Å². The van der Waals surface area contributed by atoms with Crippen molar-refractivity contribution in [3.63, 3.8) is 0 Å². The minimum Gasteiger partial charge on any atom is -0.482 e. The number of ether oxygens (including phenoxy) is 1. The topological polar surface area (TPSA) is 38.3 Å². The zero-order chi connectivity index (χ0) is 16.3. The molecule has 0 heterocycles. The van der Waals surface area contributed by atoms with Crippen molar-refractivity contribution in [3.8, 4) is 5.75 Å². The van der Waals surface area contributed by atoms with E-state index in [2.05, 4.69) is 5.32 Å². The van der Waals surface area contributed by atoms with Crippen molar-refractivity contribution >= 4 is 46.4 Å². The highest BCUT2D eigenvalue weighted by Crippen LogP contribution is 2.33.